The van der Waals surface area contributed by atoms with Crippen molar-refractivity contribution in [1.29, 1.82) is 0 Å². The van der Waals surface area contributed by atoms with Gasteiger partial charge in [0, 0.05) is 42.1 Å². The van der Waals surface area contributed by atoms with Crippen LogP contribution in [0.15, 0.2) is 30.5 Å². The number of fused-ring (bicyclic) bond motifs is 1. The number of aromatic amines is 1. The monoisotopic (exact) mass is 515 g/mol. The molecule has 1 aromatic heterocycles. The summed E-state index contributed by atoms with van der Waals surface area (Å²) in [5.74, 6) is -1.87. The summed E-state index contributed by atoms with van der Waals surface area (Å²) in [6.07, 6.45) is 2.15. The van der Waals surface area contributed by atoms with Gasteiger partial charge in [-0.25, -0.2) is 4.79 Å². The van der Waals surface area contributed by atoms with Crippen molar-refractivity contribution in [3.63, 3.8) is 0 Å². The summed E-state index contributed by atoms with van der Waals surface area (Å²) in [6.45, 7) is 11.5. The second kappa shape index (κ2) is 13.7. The molecule has 2 atom stereocenters. The Morgan fingerprint density at radius 3 is 2.16 bits per heavy atom. The van der Waals surface area contributed by atoms with Gasteiger partial charge in [0.15, 0.2) is 0 Å². The number of aliphatic carboxylic acids is 1. The van der Waals surface area contributed by atoms with Gasteiger partial charge in [0.1, 0.15) is 12.1 Å². The maximum absolute atomic E-state index is 13.4. The van der Waals surface area contributed by atoms with Crippen LogP contribution in [0.5, 0.6) is 0 Å². The van der Waals surface area contributed by atoms with Gasteiger partial charge >= 0.3 is 12.0 Å². The summed E-state index contributed by atoms with van der Waals surface area (Å²) in [6, 6.07) is 5.38. The van der Waals surface area contributed by atoms with Crippen molar-refractivity contribution < 1.29 is 24.3 Å². The Morgan fingerprint density at radius 1 is 0.919 bits per heavy atom. The Bertz CT molecular complexity index is 1070. The van der Waals surface area contributed by atoms with Crippen molar-refractivity contribution in [1.82, 2.24) is 25.8 Å². The van der Waals surface area contributed by atoms with E-state index in [9.17, 15) is 19.2 Å². The van der Waals surface area contributed by atoms with Crippen LogP contribution in [-0.4, -0.2) is 69.5 Å². The molecule has 2 aromatic rings. The molecule has 0 fully saturated rings. The highest BCUT2D eigenvalue weighted by molar-refractivity contribution is 5.93. The third-order valence-electron chi connectivity index (χ3n) is 6.04. The summed E-state index contributed by atoms with van der Waals surface area (Å²) < 4.78 is 0. The van der Waals surface area contributed by atoms with Crippen LogP contribution in [0.3, 0.4) is 0 Å². The predicted octanol–water partition coefficient (Wildman–Crippen LogP) is 3.03. The molecule has 1 heterocycles. The number of nitrogens with one attached hydrogen (secondary N) is 4. The lowest BCUT2D eigenvalue weighted by Gasteiger charge is -2.33. The molecule has 0 aliphatic heterocycles. The number of amides is 4. The number of aromatic nitrogens is 1. The van der Waals surface area contributed by atoms with Crippen molar-refractivity contribution in [2.24, 2.45) is 5.92 Å². The van der Waals surface area contributed by atoms with Crippen molar-refractivity contribution in [2.45, 2.75) is 85.0 Å². The number of benzene rings is 1. The Balaban J connectivity index is 2.27. The van der Waals surface area contributed by atoms with Gasteiger partial charge in [0.05, 0.1) is 6.42 Å². The number of carboxylic acid groups (broad SMARTS) is 1. The lowest BCUT2D eigenvalue weighted by atomic mass is 10.0. The fourth-order valence-electron chi connectivity index (χ4n) is 4.41. The molecule has 0 unspecified atom stereocenters. The lowest BCUT2D eigenvalue weighted by molar-refractivity contribution is -0.137. The summed E-state index contributed by atoms with van der Waals surface area (Å²) in [4.78, 5) is 55.3. The Hall–Kier alpha value is -3.56. The van der Waals surface area contributed by atoms with E-state index in [1.165, 1.54) is 0 Å². The number of nitrogens with zero attached hydrogens (tertiary/aromatic N) is 1. The van der Waals surface area contributed by atoms with Gasteiger partial charge in [-0.15, -0.1) is 0 Å². The standard InChI is InChI=1S/C27H41N5O5/c1-16(2)13-22(31-27(37)32(17(3)4)18(5)6)26(36)30-23(25(35)28-12-11-24(33)34)14-19-15-29-21-10-8-7-9-20(19)21/h7-10,15-18,22-23,29H,11-14H2,1-6H3,(H,28,35)(H,30,36)(H,31,37)(H,33,34)/t22-,23+/m0/s1. The molecule has 0 bridgehead atoms. The molecule has 1 aromatic carbocycles. The van der Waals surface area contributed by atoms with E-state index in [4.69, 9.17) is 5.11 Å². The Kier molecular flexibility index (Phi) is 11.0. The summed E-state index contributed by atoms with van der Waals surface area (Å²) in [5.41, 5.74) is 1.74. The molecule has 5 N–H and O–H groups in total. The minimum atomic E-state index is -1.03. The van der Waals surface area contributed by atoms with Crippen LogP contribution in [-0.2, 0) is 20.8 Å². The molecule has 10 heteroatoms. The molecule has 0 aliphatic carbocycles. The number of hydrogen-bond acceptors (Lipinski definition) is 4. The summed E-state index contributed by atoms with van der Waals surface area (Å²) >= 11 is 0. The Morgan fingerprint density at radius 2 is 1.57 bits per heavy atom. The molecule has 0 saturated carbocycles. The summed E-state index contributed by atoms with van der Waals surface area (Å²) in [7, 11) is 0. The zero-order chi connectivity index (χ0) is 27.7. The molecule has 2 rings (SSSR count). The largest absolute Gasteiger partial charge is 0.481 e. The zero-order valence-corrected chi connectivity index (χ0v) is 22.6. The SMILES string of the molecule is CC(C)C[C@H](NC(=O)N(C(C)C)C(C)C)C(=O)N[C@H](Cc1c[nH]c2ccccc12)C(=O)NCCC(=O)O. The highest BCUT2D eigenvalue weighted by Crippen LogP contribution is 2.19. The number of carbonyl (C=O) groups is 4. The average molecular weight is 516 g/mol. The molecule has 37 heavy (non-hydrogen) atoms. The van der Waals surface area contributed by atoms with E-state index in [2.05, 4.69) is 20.9 Å². The van der Waals surface area contributed by atoms with Gasteiger partial charge in [0.25, 0.3) is 0 Å². The van der Waals surface area contributed by atoms with Gasteiger partial charge in [-0.3, -0.25) is 14.4 Å². The number of hydrogen-bond donors (Lipinski definition) is 5. The molecule has 0 radical (unpaired) electrons. The first-order valence-corrected chi connectivity index (χ1v) is 12.8. The second-order valence-corrected chi connectivity index (χ2v) is 10.3. The van der Waals surface area contributed by atoms with Crippen molar-refractivity contribution >= 4 is 34.7 Å². The molecule has 4 amide bonds. The van der Waals surface area contributed by atoms with Crippen LogP contribution < -0.4 is 16.0 Å². The molecule has 10 nitrogen and oxygen atoms in total. The van der Waals surface area contributed by atoms with E-state index in [1.54, 1.807) is 11.1 Å². The maximum Gasteiger partial charge on any atom is 0.318 e. The first kappa shape index (κ1) is 29.7. The fourth-order valence-corrected chi connectivity index (χ4v) is 4.41. The van der Waals surface area contributed by atoms with Gasteiger partial charge < -0.3 is 30.9 Å². The first-order valence-electron chi connectivity index (χ1n) is 12.8. The molecule has 0 aliphatic rings. The number of carboxylic acids is 1. The maximum atomic E-state index is 13.4. The Labute approximate surface area is 218 Å². The van der Waals surface area contributed by atoms with Crippen LogP contribution in [0.25, 0.3) is 10.9 Å². The number of rotatable bonds is 13. The summed E-state index contributed by atoms with van der Waals surface area (Å²) in [5, 5.41) is 18.1. The van der Waals surface area contributed by atoms with E-state index in [0.29, 0.717) is 6.42 Å². The van der Waals surface area contributed by atoms with Crippen molar-refractivity contribution in [2.75, 3.05) is 6.54 Å². The van der Waals surface area contributed by atoms with Gasteiger partial charge in [-0.1, -0.05) is 32.0 Å². The minimum absolute atomic E-state index is 0.0572. The van der Waals surface area contributed by atoms with Crippen molar-refractivity contribution in [3.05, 3.63) is 36.0 Å². The highest BCUT2D eigenvalue weighted by atomic mass is 16.4. The lowest BCUT2D eigenvalue weighted by Crippen LogP contribution is -2.57. The fraction of sp³-hybridized carbons (Fsp3) is 0.556. The van der Waals surface area contributed by atoms with E-state index >= 15 is 0 Å². The van der Waals surface area contributed by atoms with Crippen LogP contribution >= 0.6 is 0 Å². The predicted molar refractivity (Wildman–Crippen MR) is 143 cm³/mol. The minimum Gasteiger partial charge on any atom is -0.481 e. The van der Waals surface area contributed by atoms with Crippen LogP contribution in [0.4, 0.5) is 4.79 Å². The molecule has 204 valence electrons. The van der Waals surface area contributed by atoms with Crippen LogP contribution in [0.1, 0.15) is 59.9 Å². The number of urea groups is 1. The van der Waals surface area contributed by atoms with Gasteiger partial charge in [0.2, 0.25) is 11.8 Å². The van der Waals surface area contributed by atoms with Crippen LogP contribution in [0, 0.1) is 5.92 Å². The average Bonchev–Trinajstić information content (AvgIpc) is 3.19. The number of para-hydroxylation sites is 1. The number of H-pyrrole nitrogens is 1. The van der Waals surface area contributed by atoms with Gasteiger partial charge in [-0.05, 0) is 51.7 Å². The normalized spacial score (nSPS) is 13.0. The number of carbonyl (C=O) groups excluding carboxylic acids is 3. The topological polar surface area (TPSA) is 144 Å². The van der Waals surface area contributed by atoms with Gasteiger partial charge in [-0.2, -0.15) is 0 Å². The van der Waals surface area contributed by atoms with Crippen LogP contribution in [0.2, 0.25) is 0 Å². The smallest absolute Gasteiger partial charge is 0.318 e. The van der Waals surface area contributed by atoms with E-state index in [0.717, 1.165) is 16.5 Å². The third kappa shape index (κ3) is 8.80. The highest BCUT2D eigenvalue weighted by Gasteiger charge is 2.30. The second-order valence-electron chi connectivity index (χ2n) is 10.3. The van der Waals surface area contributed by atoms with E-state index in [-0.39, 0.29) is 43.4 Å². The molecular formula is C27H41N5O5. The van der Waals surface area contributed by atoms with Crippen molar-refractivity contribution in [3.8, 4) is 0 Å². The molecule has 0 saturated heterocycles. The molecular weight excluding hydrogens is 474 g/mol. The zero-order valence-electron chi connectivity index (χ0n) is 22.6. The van der Waals surface area contributed by atoms with E-state index < -0.39 is 29.9 Å². The van der Waals surface area contributed by atoms with E-state index in [1.807, 2.05) is 65.8 Å². The quantitative estimate of drug-likeness (QED) is 0.279. The first-order chi connectivity index (χ1) is 17.4. The third-order valence-corrected chi connectivity index (χ3v) is 6.04. The molecule has 0 spiro atoms.